The Morgan fingerprint density at radius 2 is 2.29 bits per heavy atom. The molecule has 1 amide bonds. The van der Waals surface area contributed by atoms with E-state index in [4.69, 9.17) is 5.11 Å². The summed E-state index contributed by atoms with van der Waals surface area (Å²) >= 11 is 3.32. The number of benzene rings is 1. The molecule has 2 N–H and O–H groups in total. The van der Waals surface area contributed by atoms with Crippen LogP contribution in [-0.4, -0.2) is 24.2 Å². The Bertz CT molecular complexity index is 339. The van der Waals surface area contributed by atoms with E-state index in [1.54, 1.807) is 6.07 Å². The smallest absolute Gasteiger partial charge is 0.252 e. The molecule has 0 spiro atoms. The van der Waals surface area contributed by atoms with E-state index < -0.39 is 0 Å². The number of nitrogens with one attached hydrogen (secondary N) is 1. The van der Waals surface area contributed by atoms with Crippen LogP contribution in [0.5, 0.6) is 0 Å². The van der Waals surface area contributed by atoms with Gasteiger partial charge in [-0.3, -0.25) is 4.79 Å². The third-order valence-corrected chi connectivity index (χ3v) is 2.42. The van der Waals surface area contributed by atoms with Gasteiger partial charge in [-0.25, -0.2) is 0 Å². The molecule has 0 bridgehead atoms. The maximum atomic E-state index is 11.5. The second-order valence-electron chi connectivity index (χ2n) is 2.96. The number of aryl methyl sites for hydroxylation is 1. The highest BCUT2D eigenvalue weighted by molar-refractivity contribution is 9.10. The number of carbonyl (C=O) groups is 1. The summed E-state index contributed by atoms with van der Waals surface area (Å²) < 4.78 is 0.771. The third kappa shape index (κ3) is 2.82. The number of carbonyl (C=O) groups excluding carboxylic acids is 1. The number of halogens is 1. The summed E-state index contributed by atoms with van der Waals surface area (Å²) in [5, 5.41) is 11.1. The highest BCUT2D eigenvalue weighted by Crippen LogP contribution is 2.17. The Labute approximate surface area is 91.3 Å². The monoisotopic (exact) mass is 257 g/mol. The first-order valence-corrected chi connectivity index (χ1v) is 5.09. The molecule has 3 nitrogen and oxygen atoms in total. The zero-order valence-corrected chi connectivity index (χ0v) is 9.47. The van der Waals surface area contributed by atoms with Gasteiger partial charge in [0.2, 0.25) is 0 Å². The molecule has 4 heteroatoms. The summed E-state index contributed by atoms with van der Waals surface area (Å²) in [6.45, 7) is 2.19. The van der Waals surface area contributed by atoms with Crippen molar-refractivity contribution in [1.82, 2.24) is 5.32 Å². The molecule has 0 aliphatic heterocycles. The molecule has 0 unspecified atom stereocenters. The molecule has 14 heavy (non-hydrogen) atoms. The molecule has 0 saturated carbocycles. The molecule has 0 heterocycles. The van der Waals surface area contributed by atoms with E-state index in [0.29, 0.717) is 5.56 Å². The van der Waals surface area contributed by atoms with Crippen molar-refractivity contribution in [3.63, 3.8) is 0 Å². The standard InChI is InChI=1S/C10H12BrNO2/c1-7-2-3-8(9(11)6-7)10(14)12-4-5-13/h2-3,6,13H,4-5H2,1H3,(H,12,14). The average Bonchev–Trinajstić information content (AvgIpc) is 2.14. The van der Waals surface area contributed by atoms with E-state index in [1.807, 2.05) is 19.1 Å². The lowest BCUT2D eigenvalue weighted by Gasteiger charge is -2.05. The number of rotatable bonds is 3. The van der Waals surface area contributed by atoms with Gasteiger partial charge in [-0.2, -0.15) is 0 Å². The van der Waals surface area contributed by atoms with Gasteiger partial charge >= 0.3 is 0 Å². The zero-order valence-electron chi connectivity index (χ0n) is 7.88. The second-order valence-corrected chi connectivity index (χ2v) is 3.82. The molecule has 0 aliphatic carbocycles. The Balaban J connectivity index is 2.80. The van der Waals surface area contributed by atoms with Crippen LogP contribution >= 0.6 is 15.9 Å². The minimum atomic E-state index is -0.175. The Hall–Kier alpha value is -0.870. The van der Waals surface area contributed by atoms with Gasteiger partial charge in [0.05, 0.1) is 12.2 Å². The maximum Gasteiger partial charge on any atom is 0.252 e. The van der Waals surface area contributed by atoms with Gasteiger partial charge < -0.3 is 10.4 Å². The molecule has 1 rings (SSSR count). The predicted octanol–water partition coefficient (Wildman–Crippen LogP) is 1.48. The van der Waals surface area contributed by atoms with Crippen molar-refractivity contribution in [2.24, 2.45) is 0 Å². The van der Waals surface area contributed by atoms with E-state index in [2.05, 4.69) is 21.2 Å². The molecule has 76 valence electrons. The summed E-state index contributed by atoms with van der Waals surface area (Å²) in [5.74, 6) is -0.175. The first kappa shape index (κ1) is 11.2. The van der Waals surface area contributed by atoms with Gasteiger partial charge in [0, 0.05) is 11.0 Å². The van der Waals surface area contributed by atoms with E-state index in [0.717, 1.165) is 10.0 Å². The summed E-state index contributed by atoms with van der Waals surface area (Å²) in [4.78, 5) is 11.5. The fourth-order valence-corrected chi connectivity index (χ4v) is 1.74. The molecule has 1 aromatic rings. The van der Waals surface area contributed by atoms with Crippen molar-refractivity contribution in [3.05, 3.63) is 33.8 Å². The van der Waals surface area contributed by atoms with Gasteiger partial charge in [0.1, 0.15) is 0 Å². The van der Waals surface area contributed by atoms with Gasteiger partial charge in [-0.15, -0.1) is 0 Å². The van der Waals surface area contributed by atoms with Gasteiger partial charge in [-0.1, -0.05) is 6.07 Å². The van der Waals surface area contributed by atoms with Crippen LogP contribution in [0.15, 0.2) is 22.7 Å². The average molecular weight is 258 g/mol. The molecule has 0 aliphatic rings. The largest absolute Gasteiger partial charge is 0.395 e. The van der Waals surface area contributed by atoms with Crippen molar-refractivity contribution >= 4 is 21.8 Å². The topological polar surface area (TPSA) is 49.3 Å². The van der Waals surface area contributed by atoms with Crippen molar-refractivity contribution in [3.8, 4) is 0 Å². The first-order valence-electron chi connectivity index (χ1n) is 4.30. The normalized spacial score (nSPS) is 9.93. The van der Waals surface area contributed by atoms with E-state index in [1.165, 1.54) is 0 Å². The number of aliphatic hydroxyl groups excluding tert-OH is 1. The second kappa shape index (κ2) is 5.12. The fourth-order valence-electron chi connectivity index (χ4n) is 1.07. The molecule has 0 radical (unpaired) electrons. The van der Waals surface area contributed by atoms with Crippen LogP contribution in [0.1, 0.15) is 15.9 Å². The van der Waals surface area contributed by atoms with Crippen LogP contribution in [-0.2, 0) is 0 Å². The van der Waals surface area contributed by atoms with Crippen LogP contribution in [0.3, 0.4) is 0 Å². The van der Waals surface area contributed by atoms with Gasteiger partial charge in [-0.05, 0) is 40.5 Å². The highest BCUT2D eigenvalue weighted by atomic mass is 79.9. The molecule has 0 atom stereocenters. The van der Waals surface area contributed by atoms with Gasteiger partial charge in [0.15, 0.2) is 0 Å². The minimum Gasteiger partial charge on any atom is -0.395 e. The van der Waals surface area contributed by atoms with Crippen LogP contribution in [0.25, 0.3) is 0 Å². The van der Waals surface area contributed by atoms with Crippen molar-refractivity contribution in [2.75, 3.05) is 13.2 Å². The van der Waals surface area contributed by atoms with E-state index in [-0.39, 0.29) is 19.1 Å². The number of hydrogen-bond donors (Lipinski definition) is 2. The van der Waals surface area contributed by atoms with Crippen LogP contribution in [0.4, 0.5) is 0 Å². The van der Waals surface area contributed by atoms with Crippen molar-refractivity contribution < 1.29 is 9.90 Å². The van der Waals surface area contributed by atoms with E-state index in [9.17, 15) is 4.79 Å². The van der Waals surface area contributed by atoms with Crippen molar-refractivity contribution in [1.29, 1.82) is 0 Å². The molecule has 1 aromatic carbocycles. The van der Waals surface area contributed by atoms with Crippen molar-refractivity contribution in [2.45, 2.75) is 6.92 Å². The molecule has 0 aromatic heterocycles. The summed E-state index contributed by atoms with van der Waals surface area (Å²) in [5.41, 5.74) is 1.68. The Morgan fingerprint density at radius 3 is 2.86 bits per heavy atom. The lowest BCUT2D eigenvalue weighted by molar-refractivity contribution is 0.0944. The Kier molecular flexibility index (Phi) is 4.10. The molecule has 0 fully saturated rings. The van der Waals surface area contributed by atoms with Gasteiger partial charge in [0.25, 0.3) is 5.91 Å². The Morgan fingerprint density at radius 1 is 1.57 bits per heavy atom. The zero-order chi connectivity index (χ0) is 10.6. The van der Waals surface area contributed by atoms with Crippen LogP contribution < -0.4 is 5.32 Å². The lowest BCUT2D eigenvalue weighted by Crippen LogP contribution is -2.26. The lowest BCUT2D eigenvalue weighted by atomic mass is 10.1. The highest BCUT2D eigenvalue weighted by Gasteiger charge is 2.08. The SMILES string of the molecule is Cc1ccc(C(=O)NCCO)c(Br)c1. The third-order valence-electron chi connectivity index (χ3n) is 1.77. The summed E-state index contributed by atoms with van der Waals surface area (Å²) in [7, 11) is 0. The quantitative estimate of drug-likeness (QED) is 0.862. The number of aliphatic hydroxyl groups is 1. The first-order chi connectivity index (χ1) is 6.65. The van der Waals surface area contributed by atoms with Crippen LogP contribution in [0.2, 0.25) is 0 Å². The molecule has 0 saturated heterocycles. The predicted molar refractivity (Wildman–Crippen MR) is 58.3 cm³/mol. The molecular weight excluding hydrogens is 246 g/mol. The molecular formula is C10H12BrNO2. The minimum absolute atomic E-state index is 0.0464. The van der Waals surface area contributed by atoms with E-state index >= 15 is 0 Å². The van der Waals surface area contributed by atoms with Crippen LogP contribution in [0, 0.1) is 6.92 Å². The summed E-state index contributed by atoms with van der Waals surface area (Å²) in [6.07, 6.45) is 0. The summed E-state index contributed by atoms with van der Waals surface area (Å²) in [6, 6.07) is 5.51. The fraction of sp³-hybridized carbons (Fsp3) is 0.300. The number of hydrogen-bond acceptors (Lipinski definition) is 2. The maximum absolute atomic E-state index is 11.5. The number of amides is 1.